The molecule has 0 N–H and O–H groups in total. The molecule has 1 rings (SSSR count). The molecule has 15 heavy (non-hydrogen) atoms. The van der Waals surface area contributed by atoms with Crippen LogP contribution in [0, 0.1) is 0 Å². The van der Waals surface area contributed by atoms with Crippen LogP contribution in [0.1, 0.15) is 29.3 Å². The van der Waals surface area contributed by atoms with Crippen molar-refractivity contribution in [3.63, 3.8) is 0 Å². The van der Waals surface area contributed by atoms with E-state index in [0.717, 1.165) is 18.5 Å². The molecule has 0 aliphatic heterocycles. The van der Waals surface area contributed by atoms with Gasteiger partial charge in [0.2, 0.25) is 0 Å². The maximum atomic E-state index is 11.4. The fourth-order valence-corrected chi connectivity index (χ4v) is 1.20. The van der Waals surface area contributed by atoms with Crippen molar-refractivity contribution in [1.29, 1.82) is 0 Å². The highest BCUT2D eigenvalue weighted by atomic mass is 16.5. The number of carbonyl (C=O) groups excluding carboxylic acids is 1. The molecule has 0 saturated heterocycles. The Balaban J connectivity index is 2.91. The first-order valence-electron chi connectivity index (χ1n) is 4.96. The molecule has 80 valence electrons. The number of rotatable bonds is 4. The first-order valence-corrected chi connectivity index (χ1v) is 4.96. The highest BCUT2D eigenvalue weighted by Crippen LogP contribution is 2.07. The summed E-state index contributed by atoms with van der Waals surface area (Å²) in [6.45, 7) is 2.83. The maximum absolute atomic E-state index is 11.4. The summed E-state index contributed by atoms with van der Waals surface area (Å²) in [5.41, 5.74) is 1.36. The third kappa shape index (κ3) is 3.20. The Morgan fingerprint density at radius 3 is 2.87 bits per heavy atom. The van der Waals surface area contributed by atoms with Gasteiger partial charge in [0.25, 0.3) is 0 Å². The smallest absolute Gasteiger partial charge is 0.338 e. The van der Waals surface area contributed by atoms with Crippen molar-refractivity contribution in [2.45, 2.75) is 13.3 Å². The maximum Gasteiger partial charge on any atom is 0.338 e. The number of hydrogen-bond donors (Lipinski definition) is 0. The van der Waals surface area contributed by atoms with Crippen LogP contribution in [0.15, 0.2) is 29.3 Å². The molecule has 0 atom stereocenters. The topological polar surface area (TPSA) is 38.7 Å². The molecule has 0 unspecified atom stereocenters. The quantitative estimate of drug-likeness (QED) is 0.559. The number of carbonyl (C=O) groups is 1. The lowest BCUT2D eigenvalue weighted by Gasteiger charge is -2.02. The average molecular weight is 205 g/mol. The van der Waals surface area contributed by atoms with Gasteiger partial charge in [0.05, 0.1) is 12.7 Å². The number of ether oxygens (including phenoxy) is 1. The molecule has 0 saturated carbocycles. The summed E-state index contributed by atoms with van der Waals surface area (Å²) in [5, 5.41) is 0. The molecule has 3 nitrogen and oxygen atoms in total. The van der Waals surface area contributed by atoms with Crippen molar-refractivity contribution in [2.75, 3.05) is 13.7 Å². The number of benzene rings is 1. The van der Waals surface area contributed by atoms with Crippen molar-refractivity contribution < 1.29 is 9.53 Å². The predicted molar refractivity (Wildman–Crippen MR) is 60.5 cm³/mol. The van der Waals surface area contributed by atoms with E-state index in [9.17, 15) is 4.79 Å². The zero-order valence-electron chi connectivity index (χ0n) is 9.06. The lowest BCUT2D eigenvalue weighted by molar-refractivity contribution is 0.0600. The second-order valence-corrected chi connectivity index (χ2v) is 3.11. The van der Waals surface area contributed by atoms with Crippen LogP contribution in [0.5, 0.6) is 0 Å². The molecule has 0 heterocycles. The second kappa shape index (κ2) is 5.96. The van der Waals surface area contributed by atoms with E-state index in [1.165, 1.54) is 7.11 Å². The molecular formula is C12H15NO2. The van der Waals surface area contributed by atoms with E-state index in [1.54, 1.807) is 12.3 Å². The third-order valence-electron chi connectivity index (χ3n) is 1.95. The Morgan fingerprint density at radius 1 is 1.47 bits per heavy atom. The van der Waals surface area contributed by atoms with Crippen LogP contribution in [0.25, 0.3) is 0 Å². The second-order valence-electron chi connectivity index (χ2n) is 3.11. The van der Waals surface area contributed by atoms with Crippen LogP contribution in [-0.4, -0.2) is 25.8 Å². The summed E-state index contributed by atoms with van der Waals surface area (Å²) in [4.78, 5) is 15.6. The molecule has 0 radical (unpaired) electrons. The van der Waals surface area contributed by atoms with Gasteiger partial charge in [-0.3, -0.25) is 4.99 Å². The zero-order valence-corrected chi connectivity index (χ0v) is 9.06. The molecule has 1 aromatic carbocycles. The van der Waals surface area contributed by atoms with Crippen LogP contribution in [-0.2, 0) is 4.74 Å². The molecule has 0 amide bonds. The third-order valence-corrected chi connectivity index (χ3v) is 1.95. The molecule has 0 bridgehead atoms. The van der Waals surface area contributed by atoms with E-state index in [1.807, 2.05) is 18.2 Å². The fraction of sp³-hybridized carbons (Fsp3) is 0.333. The Labute approximate surface area is 89.8 Å². The lowest BCUT2D eigenvalue weighted by atomic mass is 10.1. The number of nitrogens with zero attached hydrogens (tertiary/aromatic N) is 1. The molecule has 3 heteroatoms. The van der Waals surface area contributed by atoms with Crippen molar-refractivity contribution in [1.82, 2.24) is 0 Å². The van der Waals surface area contributed by atoms with Crippen LogP contribution in [0.3, 0.4) is 0 Å². The Kier molecular flexibility index (Phi) is 4.54. The minimum absolute atomic E-state index is 0.325. The normalized spacial score (nSPS) is 10.5. The van der Waals surface area contributed by atoms with Gasteiger partial charge in [0.1, 0.15) is 0 Å². The van der Waals surface area contributed by atoms with Gasteiger partial charge in [-0.1, -0.05) is 25.1 Å². The minimum atomic E-state index is -0.325. The summed E-state index contributed by atoms with van der Waals surface area (Å²) >= 11 is 0. The van der Waals surface area contributed by atoms with E-state index in [4.69, 9.17) is 0 Å². The van der Waals surface area contributed by atoms with Gasteiger partial charge in [0.15, 0.2) is 0 Å². The van der Waals surface area contributed by atoms with Crippen molar-refractivity contribution in [2.24, 2.45) is 4.99 Å². The number of methoxy groups -OCH3 is 1. The van der Waals surface area contributed by atoms with Crippen LogP contribution >= 0.6 is 0 Å². The fourth-order valence-electron chi connectivity index (χ4n) is 1.20. The standard InChI is InChI=1S/C12H15NO2/c1-3-8-13-9-10-6-4-5-7-11(10)12(14)15-2/h4-7,9H,3,8H2,1-2H3. The molecule has 0 spiro atoms. The minimum Gasteiger partial charge on any atom is -0.465 e. The Morgan fingerprint density at radius 2 is 2.20 bits per heavy atom. The highest BCUT2D eigenvalue weighted by Gasteiger charge is 2.08. The number of esters is 1. The highest BCUT2D eigenvalue weighted by molar-refractivity contribution is 5.99. The predicted octanol–water partition coefficient (Wildman–Crippen LogP) is 2.30. The largest absolute Gasteiger partial charge is 0.465 e. The first kappa shape index (κ1) is 11.4. The van der Waals surface area contributed by atoms with E-state index < -0.39 is 0 Å². The van der Waals surface area contributed by atoms with Crippen molar-refractivity contribution in [3.05, 3.63) is 35.4 Å². The van der Waals surface area contributed by atoms with Gasteiger partial charge in [-0.2, -0.15) is 0 Å². The van der Waals surface area contributed by atoms with Crippen LogP contribution < -0.4 is 0 Å². The zero-order chi connectivity index (χ0) is 11.1. The molecular weight excluding hydrogens is 190 g/mol. The average Bonchev–Trinajstić information content (AvgIpc) is 2.29. The molecule has 0 aliphatic rings. The van der Waals surface area contributed by atoms with Gasteiger partial charge in [0, 0.05) is 18.3 Å². The van der Waals surface area contributed by atoms with Gasteiger partial charge < -0.3 is 4.74 Å². The molecule has 0 aromatic heterocycles. The first-order chi connectivity index (χ1) is 7.29. The summed E-state index contributed by atoms with van der Waals surface area (Å²) < 4.78 is 4.68. The molecule has 0 fully saturated rings. The van der Waals surface area contributed by atoms with Crippen LogP contribution in [0.2, 0.25) is 0 Å². The van der Waals surface area contributed by atoms with E-state index in [2.05, 4.69) is 16.7 Å². The van der Waals surface area contributed by atoms with Gasteiger partial charge in [-0.05, 0) is 12.5 Å². The summed E-state index contributed by atoms with van der Waals surface area (Å²) in [6, 6.07) is 7.27. The lowest BCUT2D eigenvalue weighted by Crippen LogP contribution is -2.05. The van der Waals surface area contributed by atoms with Crippen molar-refractivity contribution >= 4 is 12.2 Å². The summed E-state index contributed by atoms with van der Waals surface area (Å²) in [7, 11) is 1.38. The van der Waals surface area contributed by atoms with E-state index in [0.29, 0.717) is 5.56 Å². The van der Waals surface area contributed by atoms with Gasteiger partial charge >= 0.3 is 5.97 Å². The van der Waals surface area contributed by atoms with E-state index in [-0.39, 0.29) is 5.97 Å². The Hall–Kier alpha value is -1.64. The van der Waals surface area contributed by atoms with Crippen molar-refractivity contribution in [3.8, 4) is 0 Å². The number of hydrogen-bond acceptors (Lipinski definition) is 3. The van der Waals surface area contributed by atoms with Gasteiger partial charge in [-0.15, -0.1) is 0 Å². The molecule has 0 aliphatic carbocycles. The van der Waals surface area contributed by atoms with Gasteiger partial charge in [-0.25, -0.2) is 4.79 Å². The monoisotopic (exact) mass is 205 g/mol. The Bertz CT molecular complexity index is 358. The summed E-state index contributed by atoms with van der Waals surface area (Å²) in [5.74, 6) is -0.325. The SMILES string of the molecule is CCCN=Cc1ccccc1C(=O)OC. The summed E-state index contributed by atoms with van der Waals surface area (Å²) in [6.07, 6.45) is 2.71. The van der Waals surface area contributed by atoms with Crippen LogP contribution in [0.4, 0.5) is 0 Å². The van der Waals surface area contributed by atoms with E-state index >= 15 is 0 Å². The molecule has 1 aromatic rings. The number of aliphatic imine (C=N–C) groups is 1.